The minimum Gasteiger partial charge on any atom is -0.459 e. The van der Waals surface area contributed by atoms with E-state index in [1.54, 1.807) is 11.6 Å². The van der Waals surface area contributed by atoms with Crippen LogP contribution >= 0.6 is 11.6 Å². The van der Waals surface area contributed by atoms with E-state index < -0.39 is 10.9 Å². The molecule has 0 N–H and O–H groups in total. The highest BCUT2D eigenvalue weighted by atomic mass is 35.5. The van der Waals surface area contributed by atoms with E-state index in [0.717, 1.165) is 5.69 Å². The van der Waals surface area contributed by atoms with Crippen LogP contribution in [0.3, 0.4) is 0 Å². The minimum absolute atomic E-state index is 0.0578. The summed E-state index contributed by atoms with van der Waals surface area (Å²) in [5.41, 5.74) is 2.48. The average Bonchev–Trinajstić information content (AvgIpc) is 3.09. The van der Waals surface area contributed by atoms with E-state index in [1.165, 1.54) is 18.5 Å². The van der Waals surface area contributed by atoms with Crippen LogP contribution in [0.15, 0.2) is 30.3 Å². The topological polar surface area (TPSA) is 105 Å². The van der Waals surface area contributed by atoms with E-state index in [2.05, 4.69) is 10.2 Å². The van der Waals surface area contributed by atoms with Crippen molar-refractivity contribution < 1.29 is 14.5 Å². The lowest BCUT2D eigenvalue weighted by molar-refractivity contribution is -0.386. The Morgan fingerprint density at radius 1 is 1.18 bits per heavy atom. The van der Waals surface area contributed by atoms with Crippen LogP contribution in [0, 0.1) is 30.9 Å². The monoisotopic (exact) mass is 403 g/mol. The molecule has 0 saturated carbocycles. The van der Waals surface area contributed by atoms with Gasteiger partial charge in [0.05, 0.1) is 16.3 Å². The van der Waals surface area contributed by atoms with Crippen LogP contribution in [0.25, 0.3) is 5.69 Å². The van der Waals surface area contributed by atoms with Crippen LogP contribution in [0.2, 0.25) is 5.15 Å². The summed E-state index contributed by atoms with van der Waals surface area (Å²) in [6, 6.07) is 9.36. The minimum atomic E-state index is -0.580. The van der Waals surface area contributed by atoms with Gasteiger partial charge in [0.1, 0.15) is 29.7 Å². The molecule has 0 saturated heterocycles. The second-order valence-corrected chi connectivity index (χ2v) is 6.56. The molecule has 3 aromatic rings. The molecule has 0 atom stereocenters. The Morgan fingerprint density at radius 2 is 1.86 bits per heavy atom. The number of hydrogen-bond acceptors (Lipinski definition) is 6. The van der Waals surface area contributed by atoms with Crippen molar-refractivity contribution in [3.05, 3.63) is 68.2 Å². The van der Waals surface area contributed by atoms with Crippen molar-refractivity contribution in [2.75, 3.05) is 0 Å². The third-order valence-electron chi connectivity index (χ3n) is 4.30. The lowest BCUT2D eigenvalue weighted by atomic mass is 10.3. The number of aromatic nitrogens is 4. The Kier molecular flexibility index (Phi) is 5.46. The SMILES string of the molecule is Cc1nn(-c2ccccc2)c(Cl)c1COC(=O)Cn1nc(C)c([N+](=O)[O-])c1C. The zero-order chi connectivity index (χ0) is 20.4. The molecule has 0 aliphatic heterocycles. The first-order valence-corrected chi connectivity index (χ1v) is 8.80. The van der Waals surface area contributed by atoms with Crippen LogP contribution in [-0.4, -0.2) is 30.5 Å². The van der Waals surface area contributed by atoms with Gasteiger partial charge in [-0.3, -0.25) is 19.6 Å². The molecule has 9 nitrogen and oxygen atoms in total. The fourth-order valence-electron chi connectivity index (χ4n) is 2.86. The number of hydrogen-bond donors (Lipinski definition) is 0. The molecule has 1 aromatic carbocycles. The Morgan fingerprint density at radius 3 is 2.46 bits per heavy atom. The van der Waals surface area contributed by atoms with Crippen LogP contribution in [-0.2, 0) is 22.7 Å². The van der Waals surface area contributed by atoms with Gasteiger partial charge in [0, 0.05) is 5.56 Å². The van der Waals surface area contributed by atoms with E-state index in [4.69, 9.17) is 16.3 Å². The van der Waals surface area contributed by atoms with E-state index in [-0.39, 0.29) is 24.5 Å². The van der Waals surface area contributed by atoms with Crippen LogP contribution < -0.4 is 0 Å². The van der Waals surface area contributed by atoms with Crippen LogP contribution in [0.5, 0.6) is 0 Å². The number of rotatable bonds is 6. The maximum absolute atomic E-state index is 12.2. The zero-order valence-electron chi connectivity index (χ0n) is 15.5. The molecule has 0 amide bonds. The summed E-state index contributed by atoms with van der Waals surface area (Å²) in [5.74, 6) is -0.580. The van der Waals surface area contributed by atoms with E-state index in [9.17, 15) is 14.9 Å². The summed E-state index contributed by atoms with van der Waals surface area (Å²) < 4.78 is 8.14. The third kappa shape index (κ3) is 3.74. The Labute approximate surface area is 165 Å². The molecule has 3 rings (SSSR count). The molecule has 0 aliphatic carbocycles. The highest BCUT2D eigenvalue weighted by Crippen LogP contribution is 2.25. The predicted octanol–water partition coefficient (Wildman–Crippen LogP) is 3.30. The van der Waals surface area contributed by atoms with Gasteiger partial charge in [-0.15, -0.1) is 0 Å². The van der Waals surface area contributed by atoms with E-state index >= 15 is 0 Å². The zero-order valence-corrected chi connectivity index (χ0v) is 16.3. The molecular weight excluding hydrogens is 386 g/mol. The second kappa shape index (κ2) is 7.81. The van der Waals surface area contributed by atoms with Crippen LogP contribution in [0.1, 0.15) is 22.6 Å². The number of nitro groups is 1. The van der Waals surface area contributed by atoms with Crippen molar-refractivity contribution in [1.29, 1.82) is 0 Å². The summed E-state index contributed by atoms with van der Waals surface area (Å²) in [5, 5.41) is 19.8. The largest absolute Gasteiger partial charge is 0.459 e. The van der Waals surface area contributed by atoms with Gasteiger partial charge in [-0.1, -0.05) is 29.8 Å². The number of benzene rings is 1. The predicted molar refractivity (Wildman–Crippen MR) is 101 cm³/mol. The van der Waals surface area contributed by atoms with Crippen molar-refractivity contribution in [2.45, 2.75) is 33.9 Å². The fraction of sp³-hybridized carbons (Fsp3) is 0.278. The first kappa shape index (κ1) is 19.6. The lowest BCUT2D eigenvalue weighted by Crippen LogP contribution is -2.16. The van der Waals surface area contributed by atoms with Gasteiger partial charge in [0.25, 0.3) is 0 Å². The second-order valence-electron chi connectivity index (χ2n) is 6.20. The average molecular weight is 404 g/mol. The van der Waals surface area contributed by atoms with E-state index in [1.807, 2.05) is 30.3 Å². The summed E-state index contributed by atoms with van der Waals surface area (Å²) in [6.45, 7) is 4.55. The Bertz CT molecular complexity index is 1040. The number of nitrogens with zero attached hydrogens (tertiary/aromatic N) is 5. The van der Waals surface area contributed by atoms with E-state index in [0.29, 0.717) is 22.1 Å². The van der Waals surface area contributed by atoms with Gasteiger partial charge in [-0.05, 0) is 32.9 Å². The van der Waals surface area contributed by atoms with Crippen LogP contribution in [0.4, 0.5) is 5.69 Å². The van der Waals surface area contributed by atoms with Crippen molar-refractivity contribution in [3.63, 3.8) is 0 Å². The number of aryl methyl sites for hydroxylation is 2. The summed E-state index contributed by atoms with van der Waals surface area (Å²) in [7, 11) is 0. The molecule has 2 heterocycles. The molecular formula is C18H18ClN5O4. The molecule has 0 aliphatic rings. The van der Waals surface area contributed by atoms with Crippen molar-refractivity contribution >= 4 is 23.3 Å². The third-order valence-corrected chi connectivity index (χ3v) is 4.69. The number of carbonyl (C=O) groups excluding carboxylic acids is 1. The van der Waals surface area contributed by atoms with Crippen molar-refractivity contribution in [3.8, 4) is 5.69 Å². The standard InChI is InChI=1S/C18H18ClN5O4/c1-11-15(18(19)23(21-11)14-7-5-4-6-8-14)10-28-16(25)9-22-13(3)17(24(26)27)12(2)20-22/h4-8H,9-10H2,1-3H3. The lowest BCUT2D eigenvalue weighted by Gasteiger charge is -2.06. The quantitative estimate of drug-likeness (QED) is 0.355. The maximum Gasteiger partial charge on any atom is 0.328 e. The first-order chi connectivity index (χ1) is 13.3. The molecule has 10 heteroatoms. The number of halogens is 1. The molecule has 0 unspecified atom stereocenters. The van der Waals surface area contributed by atoms with Gasteiger partial charge < -0.3 is 4.74 Å². The van der Waals surface area contributed by atoms with Gasteiger partial charge in [0.2, 0.25) is 0 Å². The molecule has 0 fully saturated rings. The highest BCUT2D eigenvalue weighted by Gasteiger charge is 2.23. The molecule has 146 valence electrons. The van der Waals surface area contributed by atoms with Gasteiger partial charge in [-0.25, -0.2) is 4.68 Å². The molecule has 0 spiro atoms. The summed E-state index contributed by atoms with van der Waals surface area (Å²) >= 11 is 6.41. The molecule has 0 bridgehead atoms. The van der Waals surface area contributed by atoms with Gasteiger partial charge >= 0.3 is 11.7 Å². The Balaban J connectivity index is 1.71. The summed E-state index contributed by atoms with van der Waals surface area (Å²) in [6.07, 6.45) is 0. The normalized spacial score (nSPS) is 10.9. The first-order valence-electron chi connectivity index (χ1n) is 8.43. The number of carbonyl (C=O) groups is 1. The van der Waals surface area contributed by atoms with Gasteiger partial charge in [-0.2, -0.15) is 10.2 Å². The smallest absolute Gasteiger partial charge is 0.328 e. The van der Waals surface area contributed by atoms with Gasteiger partial charge in [0.15, 0.2) is 0 Å². The molecule has 0 radical (unpaired) electrons. The Hall–Kier alpha value is -3.20. The maximum atomic E-state index is 12.2. The fourth-order valence-corrected chi connectivity index (χ4v) is 3.19. The highest BCUT2D eigenvalue weighted by molar-refractivity contribution is 6.30. The van der Waals surface area contributed by atoms with Crippen molar-refractivity contribution in [2.24, 2.45) is 0 Å². The molecule has 2 aromatic heterocycles. The summed E-state index contributed by atoms with van der Waals surface area (Å²) in [4.78, 5) is 22.8. The number of para-hydroxylation sites is 1. The molecule has 28 heavy (non-hydrogen) atoms. The number of esters is 1. The van der Waals surface area contributed by atoms with Crippen molar-refractivity contribution in [1.82, 2.24) is 19.6 Å². The number of ether oxygens (including phenoxy) is 1.